The standard InChI is InChI=1S/C18H19N3/c1-13-7-8-15(12-21-13)18(19-2)11-14-9-10-20-17-6-4-3-5-16(14)17/h3-10,12,18-19H,11H2,1-2H3. The molecule has 0 aliphatic carbocycles. The van der Waals surface area contributed by atoms with E-state index >= 15 is 0 Å². The van der Waals surface area contributed by atoms with Crippen molar-refractivity contribution in [2.45, 2.75) is 19.4 Å². The van der Waals surface area contributed by atoms with Crippen LogP contribution in [0.1, 0.15) is 22.9 Å². The van der Waals surface area contributed by atoms with Gasteiger partial charge in [0.25, 0.3) is 0 Å². The molecule has 2 heterocycles. The lowest BCUT2D eigenvalue weighted by Crippen LogP contribution is -2.19. The van der Waals surface area contributed by atoms with Crippen LogP contribution in [-0.4, -0.2) is 17.0 Å². The number of para-hydroxylation sites is 1. The van der Waals surface area contributed by atoms with Gasteiger partial charge in [-0.25, -0.2) is 0 Å². The molecule has 3 nitrogen and oxygen atoms in total. The Hall–Kier alpha value is -2.26. The quantitative estimate of drug-likeness (QED) is 0.794. The van der Waals surface area contributed by atoms with E-state index in [2.05, 4.69) is 51.7 Å². The zero-order chi connectivity index (χ0) is 14.7. The number of aromatic nitrogens is 2. The van der Waals surface area contributed by atoms with E-state index < -0.39 is 0 Å². The highest BCUT2D eigenvalue weighted by molar-refractivity contribution is 5.81. The van der Waals surface area contributed by atoms with Gasteiger partial charge in [-0.1, -0.05) is 24.3 Å². The number of nitrogens with zero attached hydrogens (tertiary/aromatic N) is 2. The first-order valence-electron chi connectivity index (χ1n) is 7.20. The summed E-state index contributed by atoms with van der Waals surface area (Å²) in [6.45, 7) is 2.01. The van der Waals surface area contributed by atoms with Crippen molar-refractivity contribution in [3.8, 4) is 0 Å². The number of pyridine rings is 2. The van der Waals surface area contributed by atoms with Crippen molar-refractivity contribution in [2.24, 2.45) is 0 Å². The average Bonchev–Trinajstić information content (AvgIpc) is 2.54. The van der Waals surface area contributed by atoms with E-state index in [0.717, 1.165) is 17.6 Å². The SMILES string of the molecule is CNC(Cc1ccnc2ccccc12)c1ccc(C)nc1. The Morgan fingerprint density at radius 3 is 2.67 bits per heavy atom. The average molecular weight is 277 g/mol. The number of hydrogen-bond acceptors (Lipinski definition) is 3. The molecule has 0 fully saturated rings. The number of hydrogen-bond donors (Lipinski definition) is 1. The molecule has 0 bridgehead atoms. The molecule has 1 N–H and O–H groups in total. The van der Waals surface area contributed by atoms with Crippen molar-refractivity contribution in [2.75, 3.05) is 7.05 Å². The molecule has 3 aromatic rings. The summed E-state index contributed by atoms with van der Waals surface area (Å²) in [6.07, 6.45) is 4.77. The van der Waals surface area contributed by atoms with Crippen molar-refractivity contribution in [3.05, 3.63) is 71.7 Å². The Balaban J connectivity index is 1.94. The van der Waals surface area contributed by atoms with E-state index in [9.17, 15) is 0 Å². The zero-order valence-corrected chi connectivity index (χ0v) is 12.4. The van der Waals surface area contributed by atoms with Crippen LogP contribution in [0.5, 0.6) is 0 Å². The van der Waals surface area contributed by atoms with Gasteiger partial charge in [-0.15, -0.1) is 0 Å². The van der Waals surface area contributed by atoms with Crippen molar-refractivity contribution in [3.63, 3.8) is 0 Å². The highest BCUT2D eigenvalue weighted by atomic mass is 14.9. The predicted molar refractivity (Wildman–Crippen MR) is 86.2 cm³/mol. The molecule has 0 amide bonds. The molecule has 0 aliphatic rings. The summed E-state index contributed by atoms with van der Waals surface area (Å²) in [5.74, 6) is 0. The summed E-state index contributed by atoms with van der Waals surface area (Å²) in [5.41, 5.74) is 4.61. The summed E-state index contributed by atoms with van der Waals surface area (Å²) in [4.78, 5) is 8.83. The third kappa shape index (κ3) is 2.93. The fraction of sp³-hybridized carbons (Fsp3) is 0.222. The summed E-state index contributed by atoms with van der Waals surface area (Å²) < 4.78 is 0. The molecule has 0 aliphatic heterocycles. The van der Waals surface area contributed by atoms with Crippen molar-refractivity contribution >= 4 is 10.9 Å². The topological polar surface area (TPSA) is 37.8 Å². The molecule has 1 unspecified atom stereocenters. The molecule has 0 saturated heterocycles. The normalized spacial score (nSPS) is 12.5. The molecule has 1 aromatic carbocycles. The van der Waals surface area contributed by atoms with Crippen molar-refractivity contribution < 1.29 is 0 Å². The van der Waals surface area contributed by atoms with Crippen LogP contribution in [0.25, 0.3) is 10.9 Å². The molecular weight excluding hydrogens is 258 g/mol. The van der Waals surface area contributed by atoms with E-state index in [0.29, 0.717) is 0 Å². The highest BCUT2D eigenvalue weighted by Crippen LogP contribution is 2.23. The number of likely N-dealkylation sites (N-methyl/N-ethyl adjacent to an activating group) is 1. The smallest absolute Gasteiger partial charge is 0.0704 e. The van der Waals surface area contributed by atoms with Crippen LogP contribution in [0.15, 0.2) is 54.9 Å². The number of aryl methyl sites for hydroxylation is 1. The third-order valence-corrected chi connectivity index (χ3v) is 3.85. The lowest BCUT2D eigenvalue weighted by molar-refractivity contribution is 0.591. The third-order valence-electron chi connectivity index (χ3n) is 3.85. The van der Waals surface area contributed by atoms with Crippen LogP contribution in [0.4, 0.5) is 0 Å². The van der Waals surface area contributed by atoms with Gasteiger partial charge in [-0.05, 0) is 49.7 Å². The number of rotatable bonds is 4. The minimum absolute atomic E-state index is 0.254. The number of fused-ring (bicyclic) bond motifs is 1. The van der Waals surface area contributed by atoms with E-state index in [-0.39, 0.29) is 6.04 Å². The molecule has 21 heavy (non-hydrogen) atoms. The first-order chi connectivity index (χ1) is 10.3. The molecule has 0 spiro atoms. The summed E-state index contributed by atoms with van der Waals surface area (Å²) in [6, 6.07) is 14.8. The van der Waals surface area contributed by atoms with E-state index in [1.807, 2.05) is 32.4 Å². The van der Waals surface area contributed by atoms with Gasteiger partial charge in [0.1, 0.15) is 0 Å². The molecular formula is C18H19N3. The minimum Gasteiger partial charge on any atom is -0.313 e. The van der Waals surface area contributed by atoms with Crippen molar-refractivity contribution in [1.82, 2.24) is 15.3 Å². The largest absolute Gasteiger partial charge is 0.313 e. The molecule has 106 valence electrons. The monoisotopic (exact) mass is 277 g/mol. The van der Waals surface area contributed by atoms with Gasteiger partial charge < -0.3 is 5.32 Å². The zero-order valence-electron chi connectivity index (χ0n) is 12.4. The highest BCUT2D eigenvalue weighted by Gasteiger charge is 2.12. The van der Waals surface area contributed by atoms with E-state index in [1.54, 1.807) is 0 Å². The van der Waals surface area contributed by atoms with Crippen LogP contribution < -0.4 is 5.32 Å². The second kappa shape index (κ2) is 6.02. The lowest BCUT2D eigenvalue weighted by Gasteiger charge is -2.17. The Bertz CT molecular complexity index is 730. The van der Waals surface area contributed by atoms with E-state index in [4.69, 9.17) is 0 Å². The van der Waals surface area contributed by atoms with Crippen LogP contribution in [0, 0.1) is 6.92 Å². The maximum atomic E-state index is 4.43. The fourth-order valence-electron chi connectivity index (χ4n) is 2.62. The number of benzene rings is 1. The Kier molecular flexibility index (Phi) is 3.93. The van der Waals surface area contributed by atoms with Crippen LogP contribution >= 0.6 is 0 Å². The molecule has 2 aromatic heterocycles. The van der Waals surface area contributed by atoms with Gasteiger partial charge in [-0.2, -0.15) is 0 Å². The van der Waals surface area contributed by atoms with E-state index in [1.165, 1.54) is 16.5 Å². The van der Waals surface area contributed by atoms with Crippen LogP contribution in [0.3, 0.4) is 0 Å². The van der Waals surface area contributed by atoms with Gasteiger partial charge >= 0.3 is 0 Å². The predicted octanol–water partition coefficient (Wildman–Crippen LogP) is 3.44. The second-order valence-corrected chi connectivity index (χ2v) is 5.27. The van der Waals surface area contributed by atoms with Gasteiger partial charge in [0.15, 0.2) is 0 Å². The maximum Gasteiger partial charge on any atom is 0.0704 e. The first-order valence-corrected chi connectivity index (χ1v) is 7.20. The minimum atomic E-state index is 0.254. The molecule has 1 atom stereocenters. The summed E-state index contributed by atoms with van der Waals surface area (Å²) >= 11 is 0. The lowest BCUT2D eigenvalue weighted by atomic mass is 9.97. The fourth-order valence-corrected chi connectivity index (χ4v) is 2.62. The molecule has 3 rings (SSSR count). The summed E-state index contributed by atoms with van der Waals surface area (Å²) in [7, 11) is 1.99. The maximum absolute atomic E-state index is 4.43. The van der Waals surface area contributed by atoms with Gasteiger partial charge in [0.2, 0.25) is 0 Å². The first kappa shape index (κ1) is 13.7. The van der Waals surface area contributed by atoms with Crippen molar-refractivity contribution in [1.29, 1.82) is 0 Å². The number of nitrogens with one attached hydrogen (secondary N) is 1. The Labute approximate surface area is 125 Å². The Morgan fingerprint density at radius 2 is 1.90 bits per heavy atom. The van der Waals surface area contributed by atoms with Gasteiger partial charge in [-0.3, -0.25) is 9.97 Å². The van der Waals surface area contributed by atoms with Gasteiger partial charge in [0, 0.05) is 29.5 Å². The summed E-state index contributed by atoms with van der Waals surface area (Å²) in [5, 5.41) is 4.61. The molecule has 3 heteroatoms. The van der Waals surface area contributed by atoms with Gasteiger partial charge in [0.05, 0.1) is 5.52 Å². The Morgan fingerprint density at radius 1 is 1.05 bits per heavy atom. The molecule has 0 saturated carbocycles. The van der Waals surface area contributed by atoms with Crippen LogP contribution in [0.2, 0.25) is 0 Å². The molecule has 0 radical (unpaired) electrons. The second-order valence-electron chi connectivity index (χ2n) is 5.27. The van der Waals surface area contributed by atoms with Crippen LogP contribution in [-0.2, 0) is 6.42 Å².